The maximum absolute atomic E-state index is 6.03. The van der Waals surface area contributed by atoms with Crippen LogP contribution in [0.1, 0.15) is 18.3 Å². The van der Waals surface area contributed by atoms with E-state index in [2.05, 4.69) is 25.4 Å². The van der Waals surface area contributed by atoms with Gasteiger partial charge in [-0.25, -0.2) is 19.6 Å². The third-order valence-corrected chi connectivity index (χ3v) is 3.64. The van der Waals surface area contributed by atoms with E-state index in [-0.39, 0.29) is 0 Å². The van der Waals surface area contributed by atoms with Crippen LogP contribution in [-0.4, -0.2) is 31.8 Å². The first-order valence-electron chi connectivity index (χ1n) is 7.38. The van der Waals surface area contributed by atoms with Crippen molar-refractivity contribution in [3.05, 3.63) is 53.1 Å². The molecule has 2 heterocycles. The van der Waals surface area contributed by atoms with Crippen LogP contribution in [0.5, 0.6) is 0 Å². The van der Waals surface area contributed by atoms with E-state index < -0.39 is 0 Å². The topological polar surface area (TPSA) is 68.5 Å². The number of aromatic nitrogens is 5. The van der Waals surface area contributed by atoms with Gasteiger partial charge in [-0.2, -0.15) is 5.10 Å². The summed E-state index contributed by atoms with van der Waals surface area (Å²) in [7, 11) is 1.78. The van der Waals surface area contributed by atoms with E-state index >= 15 is 0 Å². The van der Waals surface area contributed by atoms with Gasteiger partial charge in [-0.05, 0) is 24.6 Å². The van der Waals surface area contributed by atoms with Gasteiger partial charge >= 0.3 is 0 Å². The summed E-state index contributed by atoms with van der Waals surface area (Å²) >= 11 is 6.03. The van der Waals surface area contributed by atoms with Gasteiger partial charge in [0.1, 0.15) is 0 Å². The van der Waals surface area contributed by atoms with Gasteiger partial charge in [-0.15, -0.1) is 0 Å². The van der Waals surface area contributed by atoms with Crippen molar-refractivity contribution in [3.63, 3.8) is 0 Å². The van der Waals surface area contributed by atoms with Crippen LogP contribution < -0.4 is 5.32 Å². The third kappa shape index (κ3) is 3.48. The summed E-state index contributed by atoms with van der Waals surface area (Å²) in [6.07, 6.45) is 4.13. The summed E-state index contributed by atoms with van der Waals surface area (Å²) in [5.74, 6) is 2.10. The Bertz CT molecular complexity index is 797. The summed E-state index contributed by atoms with van der Waals surface area (Å²) in [5.41, 5.74) is 1.93. The Balaban J connectivity index is 1.90. The summed E-state index contributed by atoms with van der Waals surface area (Å²) in [5, 5.41) is 8.18. The molecular formula is C16H17ClN6. The number of hydrogen-bond acceptors (Lipinski definition) is 5. The number of halogens is 1. The van der Waals surface area contributed by atoms with Crippen molar-refractivity contribution in [2.75, 3.05) is 12.4 Å². The molecule has 0 unspecified atom stereocenters. The van der Waals surface area contributed by atoms with Gasteiger partial charge in [-0.3, -0.25) is 0 Å². The van der Waals surface area contributed by atoms with Crippen molar-refractivity contribution in [2.24, 2.45) is 0 Å². The molecule has 1 aromatic carbocycles. The lowest BCUT2D eigenvalue weighted by atomic mass is 10.1. The van der Waals surface area contributed by atoms with E-state index in [1.54, 1.807) is 19.4 Å². The molecule has 0 atom stereocenters. The Kier molecular flexibility index (Phi) is 4.52. The molecule has 118 valence electrons. The molecule has 0 bridgehead atoms. The normalized spacial score (nSPS) is 10.7. The highest BCUT2D eigenvalue weighted by Gasteiger charge is 2.12. The van der Waals surface area contributed by atoms with E-state index in [4.69, 9.17) is 11.6 Å². The number of hydrogen-bond donors (Lipinski definition) is 1. The van der Waals surface area contributed by atoms with E-state index in [9.17, 15) is 0 Å². The lowest BCUT2D eigenvalue weighted by Crippen LogP contribution is -2.02. The second-order valence-corrected chi connectivity index (χ2v) is 5.46. The molecule has 7 heteroatoms. The van der Waals surface area contributed by atoms with Crippen LogP contribution in [0.2, 0.25) is 5.02 Å². The van der Waals surface area contributed by atoms with E-state index in [0.29, 0.717) is 17.4 Å². The number of aryl methyl sites for hydroxylation is 1. The maximum atomic E-state index is 6.03. The van der Waals surface area contributed by atoms with E-state index in [1.165, 1.54) is 0 Å². The van der Waals surface area contributed by atoms with Crippen LogP contribution in [0.4, 0.5) is 5.95 Å². The highest BCUT2D eigenvalue weighted by Crippen LogP contribution is 2.19. The first-order chi connectivity index (χ1) is 11.2. The lowest BCUT2D eigenvalue weighted by molar-refractivity contribution is 0.656. The van der Waals surface area contributed by atoms with Crippen molar-refractivity contribution in [1.29, 1.82) is 0 Å². The Labute approximate surface area is 139 Å². The molecule has 0 aliphatic carbocycles. The van der Waals surface area contributed by atoms with Crippen molar-refractivity contribution < 1.29 is 0 Å². The minimum Gasteiger partial charge on any atom is -0.357 e. The quantitative estimate of drug-likeness (QED) is 0.779. The smallest absolute Gasteiger partial charge is 0.222 e. The molecule has 0 radical (unpaired) electrons. The van der Waals surface area contributed by atoms with Gasteiger partial charge in [0.2, 0.25) is 5.95 Å². The van der Waals surface area contributed by atoms with Gasteiger partial charge < -0.3 is 5.32 Å². The number of nitrogens with one attached hydrogen (secondary N) is 1. The average molecular weight is 329 g/mol. The second kappa shape index (κ2) is 6.75. The fourth-order valence-corrected chi connectivity index (χ4v) is 2.51. The van der Waals surface area contributed by atoms with Crippen molar-refractivity contribution in [3.8, 4) is 11.4 Å². The van der Waals surface area contributed by atoms with Gasteiger partial charge in [0.15, 0.2) is 11.6 Å². The largest absolute Gasteiger partial charge is 0.357 e. The molecule has 0 fully saturated rings. The lowest BCUT2D eigenvalue weighted by Gasteiger charge is -2.02. The maximum Gasteiger partial charge on any atom is 0.222 e. The first kappa shape index (κ1) is 15.4. The Morgan fingerprint density at radius 2 is 2.00 bits per heavy atom. The minimum absolute atomic E-state index is 0.579. The molecule has 0 aliphatic heterocycles. The van der Waals surface area contributed by atoms with Gasteiger partial charge in [-0.1, -0.05) is 23.7 Å². The molecule has 0 saturated carbocycles. The standard InChI is InChI=1S/C16H17ClN6/c1-3-23-15(12-9-19-16(18-2)20-10-12)21-14(22-23)8-11-5-4-6-13(17)7-11/h4-7,9-10H,3,8H2,1-2H3,(H,18,19,20). The number of benzene rings is 1. The van der Waals surface area contributed by atoms with Crippen LogP contribution in [-0.2, 0) is 13.0 Å². The van der Waals surface area contributed by atoms with Gasteiger partial charge in [0.05, 0.1) is 5.56 Å². The molecule has 23 heavy (non-hydrogen) atoms. The molecule has 3 rings (SSSR count). The molecule has 0 aliphatic rings. The predicted molar refractivity (Wildman–Crippen MR) is 90.5 cm³/mol. The fourth-order valence-electron chi connectivity index (χ4n) is 2.30. The molecule has 0 amide bonds. The zero-order valence-electron chi connectivity index (χ0n) is 13.0. The van der Waals surface area contributed by atoms with Crippen LogP contribution in [0.15, 0.2) is 36.7 Å². The molecular weight excluding hydrogens is 312 g/mol. The van der Waals surface area contributed by atoms with Crippen LogP contribution >= 0.6 is 11.6 Å². The molecule has 6 nitrogen and oxygen atoms in total. The van der Waals surface area contributed by atoms with Crippen molar-refractivity contribution in [2.45, 2.75) is 19.9 Å². The molecule has 2 aromatic heterocycles. The summed E-state index contributed by atoms with van der Waals surface area (Å²) in [6, 6.07) is 7.73. The number of anilines is 1. The third-order valence-electron chi connectivity index (χ3n) is 3.40. The van der Waals surface area contributed by atoms with Crippen molar-refractivity contribution >= 4 is 17.5 Å². The Hall–Kier alpha value is -2.47. The van der Waals surface area contributed by atoms with Crippen LogP contribution in [0, 0.1) is 0 Å². The minimum atomic E-state index is 0.579. The fraction of sp³-hybridized carbons (Fsp3) is 0.250. The van der Waals surface area contributed by atoms with Gasteiger partial charge in [0, 0.05) is 37.4 Å². The second-order valence-electron chi connectivity index (χ2n) is 5.02. The molecule has 1 N–H and O–H groups in total. The number of nitrogens with zero attached hydrogens (tertiary/aromatic N) is 5. The summed E-state index contributed by atoms with van der Waals surface area (Å²) in [4.78, 5) is 13.1. The van der Waals surface area contributed by atoms with Crippen LogP contribution in [0.3, 0.4) is 0 Å². The number of rotatable bonds is 5. The highest BCUT2D eigenvalue weighted by molar-refractivity contribution is 6.30. The monoisotopic (exact) mass is 328 g/mol. The van der Waals surface area contributed by atoms with E-state index in [0.717, 1.165) is 29.3 Å². The summed E-state index contributed by atoms with van der Waals surface area (Å²) in [6.45, 7) is 2.76. The van der Waals surface area contributed by atoms with Crippen molar-refractivity contribution in [1.82, 2.24) is 24.7 Å². The Morgan fingerprint density at radius 3 is 2.65 bits per heavy atom. The van der Waals surface area contributed by atoms with Crippen LogP contribution in [0.25, 0.3) is 11.4 Å². The zero-order chi connectivity index (χ0) is 16.2. The predicted octanol–water partition coefficient (Wildman–Crippen LogP) is 3.04. The zero-order valence-corrected chi connectivity index (χ0v) is 13.7. The molecule has 0 saturated heterocycles. The average Bonchev–Trinajstić information content (AvgIpc) is 2.98. The summed E-state index contributed by atoms with van der Waals surface area (Å²) < 4.78 is 1.86. The van der Waals surface area contributed by atoms with E-state index in [1.807, 2.05) is 35.9 Å². The Morgan fingerprint density at radius 1 is 1.22 bits per heavy atom. The highest BCUT2D eigenvalue weighted by atomic mass is 35.5. The SMILES string of the molecule is CCn1nc(Cc2cccc(Cl)c2)nc1-c1cnc(NC)nc1. The molecule has 0 spiro atoms. The molecule has 3 aromatic rings. The van der Waals surface area contributed by atoms with Gasteiger partial charge in [0.25, 0.3) is 0 Å². The first-order valence-corrected chi connectivity index (χ1v) is 7.75.